The van der Waals surface area contributed by atoms with Gasteiger partial charge in [0.2, 0.25) is 5.91 Å². The van der Waals surface area contributed by atoms with E-state index < -0.39 is 70.1 Å². The average Bonchev–Trinajstić information content (AvgIpc) is 3.26. The molecular formula is C27H28ClN3O8. The van der Waals surface area contributed by atoms with Crippen molar-refractivity contribution in [1.82, 2.24) is 4.90 Å². The molecule has 12 heteroatoms. The van der Waals surface area contributed by atoms with Gasteiger partial charge in [0.1, 0.15) is 11.5 Å². The molecule has 1 amide bonds. The van der Waals surface area contributed by atoms with E-state index in [4.69, 9.17) is 21.8 Å². The maximum absolute atomic E-state index is 14.0. The molecular weight excluding hydrogens is 530 g/mol. The van der Waals surface area contributed by atoms with E-state index in [-0.39, 0.29) is 34.9 Å². The minimum atomic E-state index is -2.77. The molecule has 206 valence electrons. The highest BCUT2D eigenvalue weighted by Crippen LogP contribution is 2.53. The fourth-order valence-corrected chi connectivity index (χ4v) is 6.84. The highest BCUT2D eigenvalue weighted by atomic mass is 35.5. The van der Waals surface area contributed by atoms with Crippen molar-refractivity contribution in [3.05, 3.63) is 34.5 Å². The zero-order chi connectivity index (χ0) is 28.7. The van der Waals surface area contributed by atoms with Gasteiger partial charge >= 0.3 is 0 Å². The van der Waals surface area contributed by atoms with E-state index in [1.54, 1.807) is 39.2 Å². The summed E-state index contributed by atoms with van der Waals surface area (Å²) in [4.78, 5) is 69.9. The third kappa shape index (κ3) is 3.67. The number of aliphatic hydroxyl groups is 1. The van der Waals surface area contributed by atoms with Crippen molar-refractivity contribution in [3.8, 4) is 17.1 Å². The number of primary amides is 1. The number of likely N-dealkylation sites (N-methyl/N-ethyl adjacent to an activating group) is 1. The molecule has 1 heterocycles. The monoisotopic (exact) mass is 557 g/mol. The average molecular weight is 558 g/mol. The Labute approximate surface area is 228 Å². The number of phenolic OH excluding ortho intramolecular Hbond substituents is 1. The van der Waals surface area contributed by atoms with Crippen LogP contribution >= 0.6 is 11.6 Å². The summed E-state index contributed by atoms with van der Waals surface area (Å²) in [5.41, 5.74) is 3.73. The van der Waals surface area contributed by atoms with Crippen LogP contribution in [-0.2, 0) is 25.6 Å². The van der Waals surface area contributed by atoms with E-state index in [1.165, 1.54) is 17.0 Å². The summed E-state index contributed by atoms with van der Waals surface area (Å²) < 4.78 is 5.46. The molecule has 3 aliphatic rings. The van der Waals surface area contributed by atoms with Gasteiger partial charge in [0.25, 0.3) is 0 Å². The third-order valence-corrected chi connectivity index (χ3v) is 8.56. The van der Waals surface area contributed by atoms with Crippen molar-refractivity contribution in [2.45, 2.75) is 24.5 Å². The van der Waals surface area contributed by atoms with Crippen molar-refractivity contribution in [3.63, 3.8) is 0 Å². The van der Waals surface area contributed by atoms with Gasteiger partial charge < -0.3 is 25.3 Å². The number of Topliss-reactive ketones (excluding diaryl/α,β-unsaturated/α-hetero) is 4. The zero-order valence-electron chi connectivity index (χ0n) is 21.7. The van der Waals surface area contributed by atoms with E-state index in [0.717, 1.165) is 0 Å². The molecule has 0 aliphatic heterocycles. The first-order valence-electron chi connectivity index (χ1n) is 12.4. The standard InChI is InChI=1S/C27H28ClN3O8/c1-30(2)14-9-12(15-5-6-16(28)39-15)21(32)18-11(14)7-10-8-13-20(31(3)4)23(34)19(26(29)37)25(36)27(13,38)24(35)17(10)22(18)33/h5-6,9-10,13,17,19-20,32,38H,7-8H2,1-4H3,(H2,29,37)/t10-,13-,17?,19?,20-,27-/m1/s1. The number of rotatable bonds is 4. The predicted molar refractivity (Wildman–Crippen MR) is 138 cm³/mol. The number of halogens is 1. The van der Waals surface area contributed by atoms with Gasteiger partial charge in [-0.2, -0.15) is 0 Å². The molecule has 2 aromatic rings. The molecule has 11 nitrogen and oxygen atoms in total. The van der Waals surface area contributed by atoms with Gasteiger partial charge in [-0.1, -0.05) is 0 Å². The first-order valence-corrected chi connectivity index (χ1v) is 12.8. The molecule has 1 aromatic heterocycles. The lowest BCUT2D eigenvalue weighted by Gasteiger charge is -2.52. The number of furan rings is 1. The largest absolute Gasteiger partial charge is 0.506 e. The number of carbonyl (C=O) groups is 5. The first kappa shape index (κ1) is 27.0. The molecule has 6 atom stereocenters. The second kappa shape index (κ2) is 9.00. The van der Waals surface area contributed by atoms with Gasteiger partial charge in [0.15, 0.2) is 39.9 Å². The van der Waals surface area contributed by atoms with E-state index in [9.17, 15) is 34.2 Å². The lowest BCUT2D eigenvalue weighted by Crippen LogP contribution is -2.74. The lowest BCUT2D eigenvalue weighted by molar-refractivity contribution is -0.181. The molecule has 0 radical (unpaired) electrons. The van der Waals surface area contributed by atoms with E-state index >= 15 is 0 Å². The number of hydrogen-bond donors (Lipinski definition) is 3. The number of nitrogens with two attached hydrogens (primary N) is 1. The lowest BCUT2D eigenvalue weighted by atomic mass is 9.52. The number of ketones is 4. The maximum atomic E-state index is 14.0. The van der Waals surface area contributed by atoms with Crippen LogP contribution in [0.15, 0.2) is 22.6 Å². The van der Waals surface area contributed by atoms with Crippen molar-refractivity contribution < 1.29 is 38.6 Å². The van der Waals surface area contributed by atoms with Gasteiger partial charge in [-0.05, 0) is 68.2 Å². The smallest absolute Gasteiger partial charge is 0.235 e. The fraction of sp³-hybridized carbons (Fsp3) is 0.444. The summed E-state index contributed by atoms with van der Waals surface area (Å²) in [7, 11) is 6.60. The summed E-state index contributed by atoms with van der Waals surface area (Å²) >= 11 is 5.93. The van der Waals surface area contributed by atoms with E-state index in [2.05, 4.69) is 0 Å². The number of benzene rings is 1. The Morgan fingerprint density at radius 2 is 1.79 bits per heavy atom. The molecule has 2 saturated carbocycles. The zero-order valence-corrected chi connectivity index (χ0v) is 22.5. The molecule has 2 unspecified atom stereocenters. The molecule has 39 heavy (non-hydrogen) atoms. The molecule has 3 aliphatic carbocycles. The highest BCUT2D eigenvalue weighted by molar-refractivity contribution is 6.32. The number of phenols is 1. The second-order valence-corrected chi connectivity index (χ2v) is 11.3. The summed E-state index contributed by atoms with van der Waals surface area (Å²) in [5.74, 6) is -10.8. The number of fused-ring (bicyclic) bond motifs is 3. The molecule has 1 aromatic carbocycles. The molecule has 5 rings (SSSR count). The molecule has 0 bridgehead atoms. The van der Waals surface area contributed by atoms with Crippen molar-refractivity contribution in [1.29, 1.82) is 0 Å². The van der Waals surface area contributed by atoms with Gasteiger partial charge in [-0.15, -0.1) is 0 Å². The number of carbonyl (C=O) groups excluding carboxylic acids is 5. The van der Waals surface area contributed by atoms with Crippen LogP contribution in [0.5, 0.6) is 5.75 Å². The summed E-state index contributed by atoms with van der Waals surface area (Å²) in [6.07, 6.45) is 0.138. The summed E-state index contributed by atoms with van der Waals surface area (Å²) in [5, 5.41) is 23.0. The molecule has 4 N–H and O–H groups in total. The fourth-order valence-electron chi connectivity index (χ4n) is 6.70. The van der Waals surface area contributed by atoms with Crippen LogP contribution in [0.2, 0.25) is 5.22 Å². The number of hydrogen-bond acceptors (Lipinski definition) is 10. The van der Waals surface area contributed by atoms with Crippen LogP contribution in [0, 0.1) is 23.7 Å². The Morgan fingerprint density at radius 1 is 1.13 bits per heavy atom. The Bertz CT molecular complexity index is 1460. The number of amides is 1. The molecule has 0 spiro atoms. The Kier molecular flexibility index (Phi) is 6.24. The third-order valence-electron chi connectivity index (χ3n) is 8.36. The number of nitrogens with zero attached hydrogens (tertiary/aromatic N) is 2. The minimum Gasteiger partial charge on any atom is -0.506 e. The normalized spacial score (nSPS) is 30.2. The highest BCUT2D eigenvalue weighted by Gasteiger charge is 2.69. The van der Waals surface area contributed by atoms with Crippen molar-refractivity contribution >= 4 is 46.3 Å². The van der Waals surface area contributed by atoms with E-state index in [0.29, 0.717) is 11.3 Å². The quantitative estimate of drug-likeness (QED) is 0.457. The van der Waals surface area contributed by atoms with Gasteiger partial charge in [0, 0.05) is 25.7 Å². The Hall–Kier alpha value is -3.54. The van der Waals surface area contributed by atoms with Crippen LogP contribution in [0.4, 0.5) is 5.69 Å². The number of anilines is 1. The maximum Gasteiger partial charge on any atom is 0.235 e. The van der Waals surface area contributed by atoms with Gasteiger partial charge in [-0.3, -0.25) is 28.9 Å². The van der Waals surface area contributed by atoms with Crippen molar-refractivity contribution in [2.24, 2.45) is 29.4 Å². The van der Waals surface area contributed by atoms with Crippen LogP contribution in [0.3, 0.4) is 0 Å². The Balaban J connectivity index is 1.69. The predicted octanol–water partition coefficient (Wildman–Crippen LogP) is 0.846. The van der Waals surface area contributed by atoms with Crippen LogP contribution in [0.25, 0.3) is 11.3 Å². The molecule has 0 saturated heterocycles. The second-order valence-electron chi connectivity index (χ2n) is 10.9. The topological polar surface area (TPSA) is 171 Å². The SMILES string of the molecule is CN(C)c1cc(-c2ccc(Cl)o2)c(O)c2c1C[C@@H]1C[C@@H]3[C@@H](N(C)C)C(=O)C(C(N)=O)C(=O)[C@]3(O)C(=O)C1C2=O. The Morgan fingerprint density at radius 3 is 2.33 bits per heavy atom. The first-order chi connectivity index (χ1) is 18.2. The summed E-state index contributed by atoms with van der Waals surface area (Å²) in [6.45, 7) is 0. The van der Waals surface area contributed by atoms with Crippen LogP contribution in [0.1, 0.15) is 22.3 Å². The van der Waals surface area contributed by atoms with Gasteiger partial charge in [-0.25, -0.2) is 0 Å². The van der Waals surface area contributed by atoms with Gasteiger partial charge in [0.05, 0.1) is 23.1 Å². The van der Waals surface area contributed by atoms with Crippen molar-refractivity contribution in [2.75, 3.05) is 33.1 Å². The minimum absolute atomic E-state index is 0.0208. The summed E-state index contributed by atoms with van der Waals surface area (Å²) in [6, 6.07) is 3.52. The van der Waals surface area contributed by atoms with Crippen LogP contribution < -0.4 is 10.6 Å². The number of aromatic hydroxyl groups is 1. The van der Waals surface area contributed by atoms with Crippen LogP contribution in [-0.4, -0.2) is 84.0 Å². The molecule has 2 fully saturated rings. The van der Waals surface area contributed by atoms with E-state index in [1.807, 2.05) is 0 Å².